The number of imidazole rings is 1. The summed E-state index contributed by atoms with van der Waals surface area (Å²) in [6.45, 7) is 0.371. The van der Waals surface area contributed by atoms with Crippen LogP contribution in [0.25, 0.3) is 5.69 Å². The van der Waals surface area contributed by atoms with E-state index < -0.39 is 0 Å². The van der Waals surface area contributed by atoms with Gasteiger partial charge in [-0.1, -0.05) is 17.8 Å². The molecule has 1 N–H and O–H groups in total. The molecular weight excluding hydrogens is 327 g/mol. The van der Waals surface area contributed by atoms with Crippen LogP contribution in [0.3, 0.4) is 0 Å². The Morgan fingerprint density at radius 1 is 1.25 bits per heavy atom. The van der Waals surface area contributed by atoms with Gasteiger partial charge >= 0.3 is 0 Å². The van der Waals surface area contributed by atoms with Crippen LogP contribution in [0.2, 0.25) is 0 Å². The molecule has 0 saturated carbocycles. The van der Waals surface area contributed by atoms with Gasteiger partial charge in [0.1, 0.15) is 11.5 Å². The zero-order valence-corrected chi connectivity index (χ0v) is 13.8. The average Bonchev–Trinajstić information content (AvgIpc) is 3.05. The number of nitrogens with one attached hydrogen (secondary N) is 1. The normalized spacial score (nSPS) is 10.6. The van der Waals surface area contributed by atoms with E-state index in [1.165, 1.54) is 30.1 Å². The maximum atomic E-state index is 13.2. The Labute approximate surface area is 142 Å². The second-order valence-electron chi connectivity index (χ2n) is 4.99. The average molecular weight is 342 g/mol. The van der Waals surface area contributed by atoms with Crippen LogP contribution in [0.4, 0.5) is 4.39 Å². The van der Waals surface area contributed by atoms with Gasteiger partial charge in [0.15, 0.2) is 5.16 Å². The van der Waals surface area contributed by atoms with Crippen LogP contribution in [0.1, 0.15) is 16.1 Å². The summed E-state index contributed by atoms with van der Waals surface area (Å²) in [5.74, 6) is -0.580. The lowest BCUT2D eigenvalue weighted by Gasteiger charge is -2.11. The maximum Gasteiger partial charge on any atom is 0.270 e. The van der Waals surface area contributed by atoms with Crippen molar-refractivity contribution in [1.82, 2.24) is 19.9 Å². The molecule has 3 rings (SSSR count). The summed E-state index contributed by atoms with van der Waals surface area (Å²) < 4.78 is 14.9. The van der Waals surface area contributed by atoms with Crippen molar-refractivity contribution in [3.63, 3.8) is 0 Å². The van der Waals surface area contributed by atoms with Gasteiger partial charge in [0.2, 0.25) is 0 Å². The van der Waals surface area contributed by atoms with Crippen LogP contribution in [-0.2, 0) is 6.54 Å². The van der Waals surface area contributed by atoms with Gasteiger partial charge in [-0.05, 0) is 42.2 Å². The molecule has 0 atom stereocenters. The third-order valence-corrected chi connectivity index (χ3v) is 4.06. The SMILES string of the molecule is CSc1ncc(C(=O)NCc2cccnc2)n1-c1ccc(F)cc1. The highest BCUT2D eigenvalue weighted by atomic mass is 32.2. The topological polar surface area (TPSA) is 59.8 Å². The first-order valence-corrected chi connectivity index (χ1v) is 8.46. The van der Waals surface area contributed by atoms with Gasteiger partial charge < -0.3 is 5.32 Å². The van der Waals surface area contributed by atoms with E-state index >= 15 is 0 Å². The first-order valence-electron chi connectivity index (χ1n) is 7.24. The zero-order chi connectivity index (χ0) is 16.9. The summed E-state index contributed by atoms with van der Waals surface area (Å²) in [7, 11) is 0. The van der Waals surface area contributed by atoms with Gasteiger partial charge in [0.05, 0.1) is 6.20 Å². The molecule has 0 saturated heterocycles. The molecule has 0 spiro atoms. The number of hydrogen-bond donors (Lipinski definition) is 1. The molecule has 0 fully saturated rings. The number of amides is 1. The van der Waals surface area contributed by atoms with Crippen LogP contribution >= 0.6 is 11.8 Å². The minimum atomic E-state index is -0.327. The van der Waals surface area contributed by atoms with Gasteiger partial charge in [-0.25, -0.2) is 9.37 Å². The van der Waals surface area contributed by atoms with E-state index in [-0.39, 0.29) is 11.7 Å². The number of halogens is 1. The predicted octanol–water partition coefficient (Wildman–Crippen LogP) is 3.06. The van der Waals surface area contributed by atoms with Crippen LogP contribution in [-0.4, -0.2) is 26.7 Å². The predicted molar refractivity (Wildman–Crippen MR) is 90.7 cm³/mol. The van der Waals surface area contributed by atoms with E-state index in [2.05, 4.69) is 15.3 Å². The number of hydrogen-bond acceptors (Lipinski definition) is 4. The summed E-state index contributed by atoms with van der Waals surface area (Å²) >= 11 is 1.42. The van der Waals surface area contributed by atoms with Gasteiger partial charge in [-0.2, -0.15) is 0 Å². The minimum Gasteiger partial charge on any atom is -0.347 e. The summed E-state index contributed by atoms with van der Waals surface area (Å²) in [6, 6.07) is 9.66. The number of thioether (sulfide) groups is 1. The van der Waals surface area contributed by atoms with Crippen molar-refractivity contribution in [3.05, 3.63) is 72.1 Å². The molecule has 7 heteroatoms. The fourth-order valence-corrected chi connectivity index (χ4v) is 2.80. The van der Waals surface area contributed by atoms with E-state index in [1.54, 1.807) is 29.1 Å². The Bertz CT molecular complexity index is 834. The lowest BCUT2D eigenvalue weighted by Crippen LogP contribution is -2.25. The van der Waals surface area contributed by atoms with Gasteiger partial charge in [-0.15, -0.1) is 0 Å². The number of carbonyl (C=O) groups is 1. The molecule has 24 heavy (non-hydrogen) atoms. The lowest BCUT2D eigenvalue weighted by molar-refractivity contribution is 0.0943. The van der Waals surface area contributed by atoms with Crippen molar-refractivity contribution in [3.8, 4) is 5.69 Å². The maximum absolute atomic E-state index is 13.2. The quantitative estimate of drug-likeness (QED) is 0.724. The van der Waals surface area contributed by atoms with Crippen molar-refractivity contribution in [2.45, 2.75) is 11.7 Å². The largest absolute Gasteiger partial charge is 0.347 e. The number of carbonyl (C=O) groups excluding carboxylic acids is 1. The number of benzene rings is 1. The highest BCUT2D eigenvalue weighted by molar-refractivity contribution is 7.98. The van der Waals surface area contributed by atoms with Crippen molar-refractivity contribution in [2.75, 3.05) is 6.26 Å². The van der Waals surface area contributed by atoms with Gasteiger partial charge in [0, 0.05) is 24.6 Å². The third kappa shape index (κ3) is 3.46. The molecule has 0 bridgehead atoms. The molecule has 2 heterocycles. The number of aromatic nitrogens is 3. The lowest BCUT2D eigenvalue weighted by atomic mass is 10.2. The third-order valence-electron chi connectivity index (χ3n) is 3.41. The second kappa shape index (κ2) is 7.27. The Morgan fingerprint density at radius 3 is 2.71 bits per heavy atom. The molecule has 1 amide bonds. The van der Waals surface area contributed by atoms with Crippen molar-refractivity contribution in [1.29, 1.82) is 0 Å². The van der Waals surface area contributed by atoms with Crippen LogP contribution in [0.15, 0.2) is 60.1 Å². The first-order chi connectivity index (χ1) is 11.7. The standard InChI is InChI=1S/C17H15FN4OS/c1-24-17-21-11-15(22(17)14-6-4-13(18)5-7-14)16(23)20-10-12-3-2-8-19-9-12/h2-9,11H,10H2,1H3,(H,20,23). The highest BCUT2D eigenvalue weighted by Crippen LogP contribution is 2.22. The second-order valence-corrected chi connectivity index (χ2v) is 5.76. The number of nitrogens with zero attached hydrogens (tertiary/aromatic N) is 3. The molecule has 0 radical (unpaired) electrons. The zero-order valence-electron chi connectivity index (χ0n) is 12.9. The number of rotatable bonds is 5. The molecule has 1 aromatic carbocycles. The van der Waals surface area contributed by atoms with Crippen LogP contribution in [0, 0.1) is 5.82 Å². The van der Waals surface area contributed by atoms with Crippen LogP contribution in [0.5, 0.6) is 0 Å². The Kier molecular flexibility index (Phi) is 4.90. The van der Waals surface area contributed by atoms with Crippen LogP contribution < -0.4 is 5.32 Å². The monoisotopic (exact) mass is 342 g/mol. The molecule has 0 aliphatic rings. The minimum absolute atomic E-state index is 0.254. The number of pyridine rings is 1. The molecule has 5 nitrogen and oxygen atoms in total. The molecule has 3 aromatic rings. The molecule has 122 valence electrons. The van der Waals surface area contributed by atoms with Crippen molar-refractivity contribution >= 4 is 17.7 Å². The summed E-state index contributed by atoms with van der Waals surface area (Å²) in [5, 5.41) is 3.51. The van der Waals surface area contributed by atoms with E-state index in [9.17, 15) is 9.18 Å². The van der Waals surface area contributed by atoms with Crippen molar-refractivity contribution in [2.24, 2.45) is 0 Å². The molecule has 0 unspecified atom stereocenters. The smallest absolute Gasteiger partial charge is 0.270 e. The molecular formula is C17H15FN4OS. The summed E-state index contributed by atoms with van der Waals surface area (Å²) in [6.07, 6.45) is 6.78. The Balaban J connectivity index is 1.86. The van der Waals surface area contributed by atoms with E-state index in [0.29, 0.717) is 23.1 Å². The van der Waals surface area contributed by atoms with Gasteiger partial charge in [-0.3, -0.25) is 14.3 Å². The van der Waals surface area contributed by atoms with E-state index in [0.717, 1.165) is 5.56 Å². The molecule has 0 aliphatic carbocycles. The Morgan fingerprint density at radius 2 is 2.04 bits per heavy atom. The first kappa shape index (κ1) is 16.2. The molecule has 0 aliphatic heterocycles. The Hall–Kier alpha value is -2.67. The molecule has 2 aromatic heterocycles. The van der Waals surface area contributed by atoms with E-state index in [4.69, 9.17) is 0 Å². The van der Waals surface area contributed by atoms with E-state index in [1.807, 2.05) is 18.4 Å². The van der Waals surface area contributed by atoms with Gasteiger partial charge in [0.25, 0.3) is 5.91 Å². The fraction of sp³-hybridized carbons (Fsp3) is 0.118. The summed E-state index contributed by atoms with van der Waals surface area (Å²) in [5.41, 5.74) is 1.99. The highest BCUT2D eigenvalue weighted by Gasteiger charge is 2.17. The van der Waals surface area contributed by atoms with Crippen molar-refractivity contribution < 1.29 is 9.18 Å². The fourth-order valence-electron chi connectivity index (χ4n) is 2.25. The summed E-state index contributed by atoms with van der Waals surface area (Å²) in [4.78, 5) is 20.8.